The summed E-state index contributed by atoms with van der Waals surface area (Å²) < 4.78 is 35.9. The van der Waals surface area contributed by atoms with Crippen LogP contribution in [0.1, 0.15) is 10.4 Å². The number of alkyl halides is 3. The first-order valence-corrected chi connectivity index (χ1v) is 3.26. The van der Waals surface area contributed by atoms with Crippen molar-refractivity contribution in [3.63, 3.8) is 0 Å². The van der Waals surface area contributed by atoms with Gasteiger partial charge in [-0.25, -0.2) is 0 Å². The smallest absolute Gasteiger partial charge is 0.285 e. The maximum Gasteiger partial charge on any atom is 0.487 e. The lowest BCUT2D eigenvalue weighted by atomic mass is 10.3. The van der Waals surface area contributed by atoms with Crippen molar-refractivity contribution in [3.05, 3.63) is 18.0 Å². The van der Waals surface area contributed by atoms with E-state index in [9.17, 15) is 18.0 Å². The Morgan fingerprint density at radius 1 is 1.62 bits per heavy atom. The third-order valence-electron chi connectivity index (χ3n) is 1.43. The van der Waals surface area contributed by atoms with Gasteiger partial charge in [0.15, 0.2) is 0 Å². The van der Waals surface area contributed by atoms with Gasteiger partial charge in [0.1, 0.15) is 0 Å². The Balaban J connectivity index is 2.81. The Bertz CT molecular complexity index is 293. The molecule has 7 heteroatoms. The molecular weight excluding hydrogens is 187 g/mol. The Morgan fingerprint density at radius 3 is 2.62 bits per heavy atom. The van der Waals surface area contributed by atoms with Crippen molar-refractivity contribution in [2.45, 2.75) is 6.30 Å². The number of nitrogens with one attached hydrogen (secondary N) is 1. The van der Waals surface area contributed by atoms with Crippen LogP contribution in [0.15, 0.2) is 12.4 Å². The summed E-state index contributed by atoms with van der Waals surface area (Å²) in [5.74, 6) is -1.14. The molecule has 4 nitrogen and oxygen atoms in total. The zero-order valence-corrected chi connectivity index (χ0v) is 6.59. The van der Waals surface area contributed by atoms with E-state index in [1.165, 1.54) is 0 Å². The van der Waals surface area contributed by atoms with Gasteiger partial charge in [-0.2, -0.15) is 5.10 Å². The molecule has 0 aliphatic heterocycles. The van der Waals surface area contributed by atoms with E-state index in [0.29, 0.717) is 7.05 Å². The molecule has 1 amide bonds. The molecule has 0 unspecified atom stereocenters. The minimum Gasteiger partial charge on any atom is -0.285 e. The summed E-state index contributed by atoms with van der Waals surface area (Å²) in [5.41, 5.74) is -0.125. The van der Waals surface area contributed by atoms with Gasteiger partial charge in [-0.15, -0.1) is 13.2 Å². The van der Waals surface area contributed by atoms with E-state index in [4.69, 9.17) is 0 Å². The van der Waals surface area contributed by atoms with Crippen LogP contribution in [0.3, 0.4) is 0 Å². The third-order valence-corrected chi connectivity index (χ3v) is 1.43. The SMILES string of the molecule is CN(C(=O)c1cn[nH]c1)C(F)(F)F. The highest BCUT2D eigenvalue weighted by Gasteiger charge is 2.38. The number of hydrogen-bond acceptors (Lipinski definition) is 2. The molecule has 0 aliphatic rings. The maximum absolute atomic E-state index is 12.0. The van der Waals surface area contributed by atoms with Crippen LogP contribution in [0.25, 0.3) is 0 Å². The molecule has 0 aromatic carbocycles. The number of amides is 1. The van der Waals surface area contributed by atoms with Crippen molar-refractivity contribution in [1.82, 2.24) is 15.1 Å². The summed E-state index contributed by atoms with van der Waals surface area (Å²) in [7, 11) is 0.662. The summed E-state index contributed by atoms with van der Waals surface area (Å²) in [6.07, 6.45) is -2.52. The maximum atomic E-state index is 12.0. The van der Waals surface area contributed by atoms with Gasteiger partial charge in [0.05, 0.1) is 11.8 Å². The minimum atomic E-state index is -4.66. The zero-order valence-electron chi connectivity index (χ0n) is 6.59. The summed E-state index contributed by atoms with van der Waals surface area (Å²) >= 11 is 0. The number of hydrogen-bond donors (Lipinski definition) is 1. The molecule has 1 aromatic heterocycles. The molecule has 1 heterocycles. The second kappa shape index (κ2) is 3.08. The second-order valence-corrected chi connectivity index (χ2v) is 2.32. The Labute approximate surface area is 71.3 Å². The average molecular weight is 193 g/mol. The minimum absolute atomic E-state index is 0.125. The van der Waals surface area contributed by atoms with Gasteiger partial charge in [-0.1, -0.05) is 0 Å². The first kappa shape index (κ1) is 9.56. The van der Waals surface area contributed by atoms with Crippen LogP contribution in [0, 0.1) is 0 Å². The average Bonchev–Trinajstić information content (AvgIpc) is 2.51. The van der Waals surface area contributed by atoms with Crippen LogP contribution in [-0.4, -0.2) is 34.4 Å². The molecule has 0 aliphatic carbocycles. The molecule has 0 radical (unpaired) electrons. The first-order valence-electron chi connectivity index (χ1n) is 3.26. The lowest BCUT2D eigenvalue weighted by Gasteiger charge is -2.18. The number of rotatable bonds is 1. The third kappa shape index (κ3) is 1.98. The van der Waals surface area contributed by atoms with Crippen LogP contribution < -0.4 is 0 Å². The van der Waals surface area contributed by atoms with Crippen molar-refractivity contribution in [3.8, 4) is 0 Å². The highest BCUT2D eigenvalue weighted by atomic mass is 19.4. The largest absolute Gasteiger partial charge is 0.487 e. The van der Waals surface area contributed by atoms with E-state index in [1.54, 1.807) is 0 Å². The van der Waals surface area contributed by atoms with Crippen molar-refractivity contribution < 1.29 is 18.0 Å². The lowest BCUT2D eigenvalue weighted by molar-refractivity contribution is -0.216. The monoisotopic (exact) mass is 193 g/mol. The van der Waals surface area contributed by atoms with Gasteiger partial charge >= 0.3 is 6.30 Å². The van der Waals surface area contributed by atoms with Gasteiger partial charge < -0.3 is 0 Å². The second-order valence-electron chi connectivity index (χ2n) is 2.32. The molecular formula is C6H6F3N3O. The van der Waals surface area contributed by atoms with Crippen LogP contribution in [0.4, 0.5) is 13.2 Å². The highest BCUT2D eigenvalue weighted by Crippen LogP contribution is 2.20. The number of carbonyl (C=O) groups is 1. The molecule has 13 heavy (non-hydrogen) atoms. The Hall–Kier alpha value is -1.53. The van der Waals surface area contributed by atoms with Crippen molar-refractivity contribution in [2.75, 3.05) is 7.05 Å². The first-order chi connectivity index (χ1) is 5.93. The highest BCUT2D eigenvalue weighted by molar-refractivity contribution is 5.93. The summed E-state index contributed by atoms with van der Waals surface area (Å²) in [6, 6.07) is 0. The summed E-state index contributed by atoms with van der Waals surface area (Å²) in [6.45, 7) is 0. The molecule has 0 saturated heterocycles. The molecule has 1 N–H and O–H groups in total. The van der Waals surface area contributed by atoms with Crippen LogP contribution >= 0.6 is 0 Å². The molecule has 0 fully saturated rings. The predicted molar refractivity (Wildman–Crippen MR) is 36.7 cm³/mol. The van der Waals surface area contributed by atoms with Crippen LogP contribution in [0.2, 0.25) is 0 Å². The fourth-order valence-electron chi connectivity index (χ4n) is 0.677. The van der Waals surface area contributed by atoms with Crippen molar-refractivity contribution in [2.24, 2.45) is 0 Å². The molecule has 0 bridgehead atoms. The number of nitrogens with zero attached hydrogens (tertiary/aromatic N) is 2. The zero-order chi connectivity index (χ0) is 10.1. The summed E-state index contributed by atoms with van der Waals surface area (Å²) in [5, 5.41) is 5.62. The fraction of sp³-hybridized carbons (Fsp3) is 0.333. The number of aromatic nitrogens is 2. The van der Waals surface area contributed by atoms with Crippen molar-refractivity contribution >= 4 is 5.91 Å². The molecule has 72 valence electrons. The Kier molecular flexibility index (Phi) is 2.26. The summed E-state index contributed by atoms with van der Waals surface area (Å²) in [4.78, 5) is 10.7. The number of aromatic amines is 1. The molecule has 0 atom stereocenters. The van der Waals surface area contributed by atoms with Crippen LogP contribution in [-0.2, 0) is 0 Å². The van der Waals surface area contributed by atoms with E-state index in [0.717, 1.165) is 12.4 Å². The normalized spacial score (nSPS) is 11.4. The van der Waals surface area contributed by atoms with Crippen LogP contribution in [0.5, 0.6) is 0 Å². The van der Waals surface area contributed by atoms with E-state index >= 15 is 0 Å². The van der Waals surface area contributed by atoms with Gasteiger partial charge in [0.2, 0.25) is 0 Å². The van der Waals surface area contributed by atoms with E-state index < -0.39 is 12.2 Å². The van der Waals surface area contributed by atoms with Gasteiger partial charge in [0.25, 0.3) is 5.91 Å². The molecule has 1 aromatic rings. The van der Waals surface area contributed by atoms with E-state index in [1.807, 2.05) is 0 Å². The molecule has 0 saturated carbocycles. The lowest BCUT2D eigenvalue weighted by Crippen LogP contribution is -2.39. The van der Waals surface area contributed by atoms with Gasteiger partial charge in [-0.3, -0.25) is 14.8 Å². The standard InChI is InChI=1S/C6H6F3N3O/c1-12(6(7,8)9)5(13)4-2-10-11-3-4/h2-3H,1H3,(H,10,11). The number of carbonyl (C=O) groups excluding carboxylic acids is 1. The van der Waals surface area contributed by atoms with Gasteiger partial charge in [0, 0.05) is 13.2 Å². The van der Waals surface area contributed by atoms with Crippen molar-refractivity contribution in [1.29, 1.82) is 0 Å². The van der Waals surface area contributed by atoms with E-state index in [-0.39, 0.29) is 10.5 Å². The van der Waals surface area contributed by atoms with E-state index in [2.05, 4.69) is 10.2 Å². The predicted octanol–water partition coefficient (Wildman–Crippen LogP) is 1.00. The quantitative estimate of drug-likeness (QED) is 0.676. The topological polar surface area (TPSA) is 49.0 Å². The fourth-order valence-corrected chi connectivity index (χ4v) is 0.677. The molecule has 0 spiro atoms. The number of H-pyrrole nitrogens is 1. The molecule has 1 rings (SSSR count). The Morgan fingerprint density at radius 2 is 2.23 bits per heavy atom. The van der Waals surface area contributed by atoms with Gasteiger partial charge in [-0.05, 0) is 0 Å². The number of halogens is 3.